The van der Waals surface area contributed by atoms with Gasteiger partial charge in [-0.25, -0.2) is 4.98 Å². The van der Waals surface area contributed by atoms with Gasteiger partial charge in [-0.05, 0) is 42.8 Å². The van der Waals surface area contributed by atoms with Crippen molar-refractivity contribution < 1.29 is 9.84 Å². The van der Waals surface area contributed by atoms with Gasteiger partial charge < -0.3 is 14.4 Å². The molecule has 3 rings (SSSR count). The molecule has 0 atom stereocenters. The zero-order chi connectivity index (χ0) is 15.5. The van der Waals surface area contributed by atoms with E-state index in [9.17, 15) is 5.11 Å². The summed E-state index contributed by atoms with van der Waals surface area (Å²) in [5.41, 5.74) is 2.90. The van der Waals surface area contributed by atoms with E-state index in [4.69, 9.17) is 16.3 Å². The van der Waals surface area contributed by atoms with Crippen molar-refractivity contribution in [3.8, 4) is 5.75 Å². The number of fused-ring (bicyclic) bond motifs is 1. The van der Waals surface area contributed by atoms with E-state index in [1.165, 1.54) is 0 Å². The third kappa shape index (κ3) is 3.08. The molecule has 0 fully saturated rings. The van der Waals surface area contributed by atoms with Gasteiger partial charge in [0.15, 0.2) is 0 Å². The quantitative estimate of drug-likeness (QED) is 0.782. The summed E-state index contributed by atoms with van der Waals surface area (Å²) in [6.45, 7) is 2.87. The standard InChI is InChI=1S/C17H17ClN2O2/c1-12-3-2-4-14(9-12)22-11-17-19-15-6-5-13(18)10-16(15)20(17)7-8-21/h2-6,9-10,21H,7-8,11H2,1H3. The van der Waals surface area contributed by atoms with Crippen molar-refractivity contribution in [2.24, 2.45) is 0 Å². The minimum absolute atomic E-state index is 0.0371. The smallest absolute Gasteiger partial charge is 0.148 e. The van der Waals surface area contributed by atoms with Crippen molar-refractivity contribution in [2.45, 2.75) is 20.1 Å². The highest BCUT2D eigenvalue weighted by Gasteiger charge is 2.11. The number of hydrogen-bond donors (Lipinski definition) is 1. The second-order valence-electron chi connectivity index (χ2n) is 5.14. The predicted octanol–water partition coefficient (Wildman–Crippen LogP) is 3.57. The van der Waals surface area contributed by atoms with Crippen LogP contribution in [0.5, 0.6) is 5.75 Å². The van der Waals surface area contributed by atoms with Crippen LogP contribution in [0.1, 0.15) is 11.4 Å². The molecule has 3 aromatic rings. The molecule has 0 saturated carbocycles. The maximum absolute atomic E-state index is 9.29. The molecule has 0 radical (unpaired) electrons. The number of nitrogens with zero attached hydrogens (tertiary/aromatic N) is 2. The first-order valence-corrected chi connectivity index (χ1v) is 7.50. The summed E-state index contributed by atoms with van der Waals surface area (Å²) in [6.07, 6.45) is 0. The number of ether oxygens (including phenoxy) is 1. The summed E-state index contributed by atoms with van der Waals surface area (Å²) in [5.74, 6) is 1.58. The largest absolute Gasteiger partial charge is 0.486 e. The van der Waals surface area contributed by atoms with E-state index in [1.54, 1.807) is 0 Å². The Hall–Kier alpha value is -2.04. The van der Waals surface area contributed by atoms with Crippen molar-refractivity contribution in [1.29, 1.82) is 0 Å². The van der Waals surface area contributed by atoms with Crippen LogP contribution in [-0.4, -0.2) is 21.3 Å². The lowest BCUT2D eigenvalue weighted by molar-refractivity contribution is 0.260. The third-order valence-electron chi connectivity index (χ3n) is 3.47. The first-order valence-electron chi connectivity index (χ1n) is 7.12. The van der Waals surface area contributed by atoms with Crippen LogP contribution in [-0.2, 0) is 13.2 Å². The number of benzene rings is 2. The number of aliphatic hydroxyl groups is 1. The van der Waals surface area contributed by atoms with Gasteiger partial charge in [-0.3, -0.25) is 0 Å². The third-order valence-corrected chi connectivity index (χ3v) is 3.71. The monoisotopic (exact) mass is 316 g/mol. The first-order chi connectivity index (χ1) is 10.7. The first kappa shape index (κ1) is 14.9. The summed E-state index contributed by atoms with van der Waals surface area (Å²) in [7, 11) is 0. The summed E-state index contributed by atoms with van der Waals surface area (Å²) >= 11 is 6.06. The molecule has 0 saturated heterocycles. The maximum Gasteiger partial charge on any atom is 0.148 e. The molecular weight excluding hydrogens is 300 g/mol. The molecule has 0 aliphatic carbocycles. The zero-order valence-corrected chi connectivity index (χ0v) is 13.0. The van der Waals surface area contributed by atoms with E-state index in [-0.39, 0.29) is 6.61 Å². The van der Waals surface area contributed by atoms with Crippen LogP contribution in [0.25, 0.3) is 11.0 Å². The predicted molar refractivity (Wildman–Crippen MR) is 87.3 cm³/mol. The van der Waals surface area contributed by atoms with Crippen LogP contribution < -0.4 is 4.74 Å². The molecule has 0 unspecified atom stereocenters. The lowest BCUT2D eigenvalue weighted by Crippen LogP contribution is -2.09. The summed E-state index contributed by atoms with van der Waals surface area (Å²) in [4.78, 5) is 4.58. The van der Waals surface area contributed by atoms with E-state index < -0.39 is 0 Å². The van der Waals surface area contributed by atoms with Crippen LogP contribution in [0.15, 0.2) is 42.5 Å². The topological polar surface area (TPSA) is 47.3 Å². The van der Waals surface area contributed by atoms with Crippen molar-refractivity contribution in [3.05, 3.63) is 58.9 Å². The number of hydrogen-bond acceptors (Lipinski definition) is 3. The van der Waals surface area contributed by atoms with E-state index in [0.29, 0.717) is 18.2 Å². The minimum atomic E-state index is 0.0371. The maximum atomic E-state index is 9.29. The van der Waals surface area contributed by atoms with E-state index in [1.807, 2.05) is 54.0 Å². The molecule has 22 heavy (non-hydrogen) atoms. The molecule has 0 aliphatic heterocycles. The van der Waals surface area contributed by atoms with Crippen molar-refractivity contribution in [2.75, 3.05) is 6.61 Å². The highest BCUT2D eigenvalue weighted by atomic mass is 35.5. The van der Waals surface area contributed by atoms with Crippen LogP contribution in [0.2, 0.25) is 5.02 Å². The van der Waals surface area contributed by atoms with Crippen molar-refractivity contribution >= 4 is 22.6 Å². The zero-order valence-electron chi connectivity index (χ0n) is 12.3. The molecule has 4 nitrogen and oxygen atoms in total. The fourth-order valence-corrected chi connectivity index (χ4v) is 2.62. The molecule has 2 aromatic carbocycles. The molecule has 5 heteroatoms. The highest BCUT2D eigenvalue weighted by molar-refractivity contribution is 6.31. The molecule has 114 valence electrons. The highest BCUT2D eigenvalue weighted by Crippen LogP contribution is 2.22. The summed E-state index contributed by atoms with van der Waals surface area (Å²) in [5, 5.41) is 9.94. The van der Waals surface area contributed by atoms with Crippen molar-refractivity contribution in [1.82, 2.24) is 9.55 Å². The molecule has 1 aromatic heterocycles. The number of rotatable bonds is 5. The van der Waals surface area contributed by atoms with Gasteiger partial charge in [-0.1, -0.05) is 23.7 Å². The van der Waals surface area contributed by atoms with Gasteiger partial charge in [-0.2, -0.15) is 0 Å². The van der Waals surface area contributed by atoms with Gasteiger partial charge in [0.25, 0.3) is 0 Å². The molecular formula is C17H17ClN2O2. The van der Waals surface area contributed by atoms with Crippen LogP contribution in [0.4, 0.5) is 0 Å². The number of aryl methyl sites for hydroxylation is 1. The van der Waals surface area contributed by atoms with Crippen LogP contribution in [0.3, 0.4) is 0 Å². The molecule has 0 bridgehead atoms. The SMILES string of the molecule is Cc1cccc(OCc2nc3ccc(Cl)cc3n2CCO)c1. The fourth-order valence-electron chi connectivity index (χ4n) is 2.46. The number of aliphatic hydroxyl groups excluding tert-OH is 1. The average molecular weight is 317 g/mol. The molecule has 1 N–H and O–H groups in total. The number of imidazole rings is 1. The van der Waals surface area contributed by atoms with Crippen LogP contribution >= 0.6 is 11.6 Å². The Kier molecular flexibility index (Phi) is 4.32. The van der Waals surface area contributed by atoms with Gasteiger partial charge in [0.2, 0.25) is 0 Å². The van der Waals surface area contributed by atoms with E-state index in [0.717, 1.165) is 28.2 Å². The Morgan fingerprint density at radius 2 is 2.09 bits per heavy atom. The average Bonchev–Trinajstić information content (AvgIpc) is 2.83. The molecule has 0 aliphatic rings. The summed E-state index contributed by atoms with van der Waals surface area (Å²) in [6, 6.07) is 13.4. The second kappa shape index (κ2) is 6.38. The normalized spacial score (nSPS) is 11.0. The van der Waals surface area contributed by atoms with E-state index in [2.05, 4.69) is 4.98 Å². The van der Waals surface area contributed by atoms with E-state index >= 15 is 0 Å². The van der Waals surface area contributed by atoms with Crippen molar-refractivity contribution in [3.63, 3.8) is 0 Å². The Bertz CT molecular complexity index is 798. The molecule has 0 amide bonds. The number of aromatic nitrogens is 2. The van der Waals surface area contributed by atoms with Gasteiger partial charge in [0.1, 0.15) is 18.2 Å². The van der Waals surface area contributed by atoms with Gasteiger partial charge in [0, 0.05) is 11.6 Å². The lowest BCUT2D eigenvalue weighted by atomic mass is 10.2. The minimum Gasteiger partial charge on any atom is -0.486 e. The Morgan fingerprint density at radius 1 is 1.23 bits per heavy atom. The fraction of sp³-hybridized carbons (Fsp3) is 0.235. The molecule has 0 spiro atoms. The Morgan fingerprint density at radius 3 is 2.86 bits per heavy atom. The number of halogens is 1. The second-order valence-corrected chi connectivity index (χ2v) is 5.58. The van der Waals surface area contributed by atoms with Crippen LogP contribution in [0, 0.1) is 6.92 Å². The van der Waals surface area contributed by atoms with Gasteiger partial charge in [-0.15, -0.1) is 0 Å². The summed E-state index contributed by atoms with van der Waals surface area (Å²) < 4.78 is 7.76. The molecule has 1 heterocycles. The van der Waals surface area contributed by atoms with Gasteiger partial charge >= 0.3 is 0 Å². The Balaban J connectivity index is 1.90. The lowest BCUT2D eigenvalue weighted by Gasteiger charge is -2.09. The van der Waals surface area contributed by atoms with Gasteiger partial charge in [0.05, 0.1) is 17.6 Å². The Labute approximate surface area is 133 Å².